The molecule has 21 heavy (non-hydrogen) atoms. The van der Waals surface area contributed by atoms with E-state index in [1.165, 1.54) is 6.42 Å². The van der Waals surface area contributed by atoms with Crippen LogP contribution in [0.15, 0.2) is 12.1 Å². The van der Waals surface area contributed by atoms with E-state index in [1.807, 2.05) is 18.9 Å². The number of pyridine rings is 1. The van der Waals surface area contributed by atoms with Gasteiger partial charge in [0.15, 0.2) is 0 Å². The van der Waals surface area contributed by atoms with Gasteiger partial charge in [-0.3, -0.25) is 4.79 Å². The van der Waals surface area contributed by atoms with E-state index in [0.717, 1.165) is 38.2 Å². The first-order valence-electron chi connectivity index (χ1n) is 7.65. The Kier molecular flexibility index (Phi) is 5.59. The maximum Gasteiger partial charge on any atom is 0.254 e. The Morgan fingerprint density at radius 1 is 1.43 bits per heavy atom. The lowest BCUT2D eigenvalue weighted by Crippen LogP contribution is -2.45. The van der Waals surface area contributed by atoms with E-state index in [9.17, 15) is 4.79 Å². The smallest absolute Gasteiger partial charge is 0.254 e. The molecule has 0 spiro atoms. The molecule has 0 saturated carbocycles. The van der Waals surface area contributed by atoms with E-state index < -0.39 is 0 Å². The van der Waals surface area contributed by atoms with Crippen molar-refractivity contribution < 1.29 is 4.79 Å². The average molecular weight is 310 g/mol. The van der Waals surface area contributed by atoms with Crippen LogP contribution in [0.5, 0.6) is 0 Å². The molecule has 4 nitrogen and oxygen atoms in total. The molecule has 0 unspecified atom stereocenters. The molecule has 1 aromatic rings. The summed E-state index contributed by atoms with van der Waals surface area (Å²) in [5.41, 5.74) is 1.41. The van der Waals surface area contributed by atoms with Gasteiger partial charge < -0.3 is 9.80 Å². The van der Waals surface area contributed by atoms with Gasteiger partial charge in [0.05, 0.1) is 0 Å². The lowest BCUT2D eigenvalue weighted by atomic mass is 10.0. The average Bonchev–Trinajstić information content (AvgIpc) is 2.46. The van der Waals surface area contributed by atoms with E-state index in [1.54, 1.807) is 12.1 Å². The van der Waals surface area contributed by atoms with Gasteiger partial charge in [-0.25, -0.2) is 4.98 Å². The minimum Gasteiger partial charge on any atom is -0.339 e. The molecule has 1 aromatic heterocycles. The first-order chi connectivity index (χ1) is 10.0. The number of piperidine rings is 1. The molecule has 5 heteroatoms. The highest BCUT2D eigenvalue weighted by molar-refractivity contribution is 6.29. The fourth-order valence-corrected chi connectivity index (χ4v) is 3.22. The highest BCUT2D eigenvalue weighted by atomic mass is 35.5. The Labute approximate surface area is 132 Å². The Morgan fingerprint density at radius 3 is 2.67 bits per heavy atom. The summed E-state index contributed by atoms with van der Waals surface area (Å²) in [6, 6.07) is 3.77. The summed E-state index contributed by atoms with van der Waals surface area (Å²) in [6.45, 7) is 7.37. The molecule has 0 atom stereocenters. The van der Waals surface area contributed by atoms with Crippen LogP contribution in [0.25, 0.3) is 0 Å². The number of halogens is 1. The first kappa shape index (κ1) is 16.2. The largest absolute Gasteiger partial charge is 0.339 e. The molecule has 2 heterocycles. The van der Waals surface area contributed by atoms with Gasteiger partial charge in [-0.1, -0.05) is 18.5 Å². The lowest BCUT2D eigenvalue weighted by molar-refractivity contribution is 0.0642. The summed E-state index contributed by atoms with van der Waals surface area (Å²) in [4.78, 5) is 21.0. The Hall–Kier alpha value is -1.13. The van der Waals surface area contributed by atoms with Crippen molar-refractivity contribution in [3.63, 3.8) is 0 Å². The Balaban J connectivity index is 2.00. The van der Waals surface area contributed by atoms with Gasteiger partial charge in [0.25, 0.3) is 5.91 Å². The van der Waals surface area contributed by atoms with Crippen molar-refractivity contribution in [3.05, 3.63) is 28.5 Å². The molecule has 0 aromatic carbocycles. The maximum atomic E-state index is 12.6. The normalized spacial score (nSPS) is 17.0. The van der Waals surface area contributed by atoms with Crippen molar-refractivity contribution >= 4 is 17.5 Å². The monoisotopic (exact) mass is 309 g/mol. The number of aromatic nitrogens is 1. The SMILES string of the molecule is CCCN1CCC(N(C)C(=O)c2cc(C)nc(Cl)c2)CC1. The molecule has 0 N–H and O–H groups in total. The lowest BCUT2D eigenvalue weighted by Gasteiger charge is -2.36. The third kappa shape index (κ3) is 4.17. The molecule has 1 saturated heterocycles. The highest BCUT2D eigenvalue weighted by Gasteiger charge is 2.25. The summed E-state index contributed by atoms with van der Waals surface area (Å²) in [6.07, 6.45) is 3.27. The first-order valence-corrected chi connectivity index (χ1v) is 8.02. The molecular weight excluding hydrogens is 286 g/mol. The van der Waals surface area contributed by atoms with Gasteiger partial charge in [-0.2, -0.15) is 0 Å². The molecule has 1 fully saturated rings. The molecule has 2 rings (SSSR count). The number of nitrogens with zero attached hydrogens (tertiary/aromatic N) is 3. The molecule has 0 aliphatic carbocycles. The minimum absolute atomic E-state index is 0.0383. The maximum absolute atomic E-state index is 12.6. The van der Waals surface area contributed by atoms with Crippen LogP contribution in [0.1, 0.15) is 42.2 Å². The van der Waals surface area contributed by atoms with Crippen LogP contribution in [0.3, 0.4) is 0 Å². The van der Waals surface area contributed by atoms with Crippen LogP contribution >= 0.6 is 11.6 Å². The van der Waals surface area contributed by atoms with Crippen LogP contribution in [-0.2, 0) is 0 Å². The summed E-state index contributed by atoms with van der Waals surface area (Å²) in [5.74, 6) is 0.0383. The van der Waals surface area contributed by atoms with Crippen molar-refractivity contribution in [1.82, 2.24) is 14.8 Å². The van der Waals surface area contributed by atoms with Crippen LogP contribution in [0.2, 0.25) is 5.15 Å². The van der Waals surface area contributed by atoms with E-state index >= 15 is 0 Å². The number of amides is 1. The van der Waals surface area contributed by atoms with Crippen LogP contribution < -0.4 is 0 Å². The highest BCUT2D eigenvalue weighted by Crippen LogP contribution is 2.19. The van der Waals surface area contributed by atoms with Crippen molar-refractivity contribution in [1.29, 1.82) is 0 Å². The summed E-state index contributed by atoms with van der Waals surface area (Å²) >= 11 is 5.95. The molecule has 1 aliphatic heterocycles. The van der Waals surface area contributed by atoms with Crippen LogP contribution in [0.4, 0.5) is 0 Å². The minimum atomic E-state index is 0.0383. The van der Waals surface area contributed by atoms with Gasteiger partial charge in [0.1, 0.15) is 5.15 Å². The predicted molar refractivity (Wildman–Crippen MR) is 85.8 cm³/mol. The summed E-state index contributed by atoms with van der Waals surface area (Å²) in [5, 5.41) is 0.379. The van der Waals surface area contributed by atoms with Crippen molar-refractivity contribution in [2.24, 2.45) is 0 Å². The van der Waals surface area contributed by atoms with Gasteiger partial charge in [-0.05, 0) is 44.9 Å². The zero-order valence-electron chi connectivity index (χ0n) is 13.1. The third-order valence-electron chi connectivity index (χ3n) is 4.13. The molecule has 0 radical (unpaired) electrons. The zero-order valence-corrected chi connectivity index (χ0v) is 13.9. The second kappa shape index (κ2) is 7.23. The van der Waals surface area contributed by atoms with Gasteiger partial charge >= 0.3 is 0 Å². The number of carbonyl (C=O) groups excluding carboxylic acids is 1. The van der Waals surface area contributed by atoms with Crippen molar-refractivity contribution in [3.8, 4) is 0 Å². The fraction of sp³-hybridized carbons (Fsp3) is 0.625. The van der Waals surface area contributed by atoms with E-state index in [-0.39, 0.29) is 5.91 Å². The number of hydrogen-bond donors (Lipinski definition) is 0. The van der Waals surface area contributed by atoms with Gasteiger partial charge in [0.2, 0.25) is 0 Å². The quantitative estimate of drug-likeness (QED) is 0.802. The number of carbonyl (C=O) groups is 1. The van der Waals surface area contributed by atoms with Gasteiger partial charge in [-0.15, -0.1) is 0 Å². The zero-order chi connectivity index (χ0) is 15.4. The molecule has 1 aliphatic rings. The van der Waals surface area contributed by atoms with E-state index in [2.05, 4.69) is 16.8 Å². The third-order valence-corrected chi connectivity index (χ3v) is 4.33. The second-order valence-corrected chi connectivity index (χ2v) is 6.20. The van der Waals surface area contributed by atoms with Crippen molar-refractivity contribution in [2.45, 2.75) is 39.2 Å². The van der Waals surface area contributed by atoms with Crippen LogP contribution in [-0.4, -0.2) is 53.4 Å². The Morgan fingerprint density at radius 2 is 2.10 bits per heavy atom. The molecule has 0 bridgehead atoms. The summed E-state index contributed by atoms with van der Waals surface area (Å²) < 4.78 is 0. The van der Waals surface area contributed by atoms with E-state index in [4.69, 9.17) is 11.6 Å². The summed E-state index contributed by atoms with van der Waals surface area (Å²) in [7, 11) is 1.89. The molecule has 1 amide bonds. The second-order valence-electron chi connectivity index (χ2n) is 5.81. The standard InChI is InChI=1S/C16H24ClN3O/c1-4-7-20-8-5-14(6-9-20)19(3)16(21)13-10-12(2)18-15(17)11-13/h10-11,14H,4-9H2,1-3H3. The molecular formula is C16H24ClN3O. The van der Waals surface area contributed by atoms with Crippen molar-refractivity contribution in [2.75, 3.05) is 26.7 Å². The predicted octanol–water partition coefficient (Wildman–Crippen LogP) is 2.99. The number of aryl methyl sites for hydroxylation is 1. The number of hydrogen-bond acceptors (Lipinski definition) is 3. The Bertz CT molecular complexity index is 478. The molecule has 116 valence electrons. The van der Waals surface area contributed by atoms with Crippen LogP contribution in [0, 0.1) is 6.92 Å². The van der Waals surface area contributed by atoms with Gasteiger partial charge in [0, 0.05) is 37.4 Å². The topological polar surface area (TPSA) is 36.4 Å². The van der Waals surface area contributed by atoms with E-state index in [0.29, 0.717) is 16.8 Å². The fourth-order valence-electron chi connectivity index (χ4n) is 2.97. The number of rotatable bonds is 4. The number of likely N-dealkylation sites (tertiary alicyclic amines) is 1.